The fourth-order valence-electron chi connectivity index (χ4n) is 2.08. The second-order valence-electron chi connectivity index (χ2n) is 4.79. The normalized spacial score (nSPS) is 10.7. The highest BCUT2D eigenvalue weighted by atomic mass is 16.3. The molecular weight excluding hydrogens is 250 g/mol. The topological polar surface area (TPSA) is 43.0 Å². The number of hydrogen-bond acceptors (Lipinski definition) is 3. The van der Waals surface area contributed by atoms with E-state index in [0.717, 1.165) is 23.6 Å². The lowest BCUT2D eigenvalue weighted by molar-refractivity contribution is 0.515. The van der Waals surface area contributed by atoms with E-state index in [0.29, 0.717) is 6.54 Å². The van der Waals surface area contributed by atoms with Crippen LogP contribution in [-0.4, -0.2) is 9.78 Å². The Kier molecular flexibility index (Phi) is 3.54. The van der Waals surface area contributed by atoms with Crippen molar-refractivity contribution in [1.82, 2.24) is 9.78 Å². The van der Waals surface area contributed by atoms with Crippen LogP contribution in [-0.2, 0) is 13.1 Å². The van der Waals surface area contributed by atoms with Crippen LogP contribution >= 0.6 is 0 Å². The zero-order valence-corrected chi connectivity index (χ0v) is 11.4. The predicted octanol–water partition coefficient (Wildman–Crippen LogP) is 3.44. The summed E-state index contributed by atoms with van der Waals surface area (Å²) in [4.78, 5) is 0. The van der Waals surface area contributed by atoms with Crippen molar-refractivity contribution in [3.63, 3.8) is 0 Å². The summed E-state index contributed by atoms with van der Waals surface area (Å²) in [5.74, 6) is 0.959. The summed E-state index contributed by atoms with van der Waals surface area (Å²) >= 11 is 0. The van der Waals surface area contributed by atoms with E-state index >= 15 is 0 Å². The van der Waals surface area contributed by atoms with Gasteiger partial charge in [0.25, 0.3) is 0 Å². The molecule has 2 aromatic heterocycles. The first kappa shape index (κ1) is 12.5. The monoisotopic (exact) mass is 267 g/mol. The summed E-state index contributed by atoms with van der Waals surface area (Å²) in [7, 11) is 0. The molecule has 0 saturated carbocycles. The Labute approximate surface area is 118 Å². The molecule has 4 heteroatoms. The van der Waals surface area contributed by atoms with Crippen molar-refractivity contribution in [1.29, 1.82) is 0 Å². The summed E-state index contributed by atoms with van der Waals surface area (Å²) in [6.45, 7) is 3.50. The van der Waals surface area contributed by atoms with Gasteiger partial charge >= 0.3 is 0 Å². The minimum atomic E-state index is 0.676. The second kappa shape index (κ2) is 5.65. The molecule has 1 N–H and O–H groups in total. The van der Waals surface area contributed by atoms with Crippen molar-refractivity contribution >= 4 is 5.69 Å². The van der Waals surface area contributed by atoms with Crippen molar-refractivity contribution in [3.05, 3.63) is 71.9 Å². The Morgan fingerprint density at radius 2 is 2.05 bits per heavy atom. The highest BCUT2D eigenvalue weighted by molar-refractivity contribution is 5.39. The van der Waals surface area contributed by atoms with Crippen LogP contribution in [0.25, 0.3) is 0 Å². The fraction of sp³-hybridized carbons (Fsp3) is 0.188. The van der Waals surface area contributed by atoms with E-state index < -0.39 is 0 Å². The molecule has 4 nitrogen and oxygen atoms in total. The van der Waals surface area contributed by atoms with Gasteiger partial charge in [-0.15, -0.1) is 0 Å². The summed E-state index contributed by atoms with van der Waals surface area (Å²) < 4.78 is 7.32. The van der Waals surface area contributed by atoms with Gasteiger partial charge in [0.2, 0.25) is 0 Å². The molecule has 0 spiro atoms. The maximum Gasteiger partial charge on any atom is 0.125 e. The number of nitrogens with zero attached hydrogens (tertiary/aromatic N) is 2. The SMILES string of the molecule is Cc1ccoc1CNc1cnn(Cc2ccccc2)c1. The number of anilines is 1. The Bertz CT molecular complexity index is 670. The van der Waals surface area contributed by atoms with Crippen molar-refractivity contribution in [3.8, 4) is 0 Å². The molecule has 0 radical (unpaired) electrons. The highest BCUT2D eigenvalue weighted by Gasteiger charge is 2.03. The molecule has 2 heterocycles. The van der Waals surface area contributed by atoms with Gasteiger partial charge in [-0.3, -0.25) is 4.68 Å². The highest BCUT2D eigenvalue weighted by Crippen LogP contribution is 2.13. The van der Waals surface area contributed by atoms with E-state index in [9.17, 15) is 0 Å². The van der Waals surface area contributed by atoms with Crippen LogP contribution in [0.15, 0.2) is 59.5 Å². The van der Waals surface area contributed by atoms with E-state index in [1.165, 1.54) is 5.56 Å². The summed E-state index contributed by atoms with van der Waals surface area (Å²) in [6.07, 6.45) is 5.55. The summed E-state index contributed by atoms with van der Waals surface area (Å²) in [6, 6.07) is 12.3. The Hall–Kier alpha value is -2.49. The third-order valence-electron chi connectivity index (χ3n) is 3.24. The molecular formula is C16H17N3O. The molecule has 0 saturated heterocycles. The maximum absolute atomic E-state index is 5.40. The average Bonchev–Trinajstić information content (AvgIpc) is 3.07. The number of aromatic nitrogens is 2. The number of aryl methyl sites for hydroxylation is 1. The zero-order valence-electron chi connectivity index (χ0n) is 11.4. The van der Waals surface area contributed by atoms with E-state index in [1.54, 1.807) is 6.26 Å². The third-order valence-corrected chi connectivity index (χ3v) is 3.24. The summed E-state index contributed by atoms with van der Waals surface area (Å²) in [5.41, 5.74) is 3.40. The maximum atomic E-state index is 5.40. The Morgan fingerprint density at radius 3 is 2.80 bits per heavy atom. The molecule has 102 valence electrons. The molecule has 1 aromatic carbocycles. The first-order chi connectivity index (χ1) is 9.81. The number of hydrogen-bond donors (Lipinski definition) is 1. The average molecular weight is 267 g/mol. The van der Waals surface area contributed by atoms with E-state index in [-0.39, 0.29) is 0 Å². The number of nitrogens with one attached hydrogen (secondary N) is 1. The van der Waals surface area contributed by atoms with Gasteiger partial charge in [0, 0.05) is 6.20 Å². The summed E-state index contributed by atoms with van der Waals surface area (Å²) in [5, 5.41) is 7.67. The van der Waals surface area contributed by atoms with E-state index in [1.807, 2.05) is 48.3 Å². The fourth-order valence-corrected chi connectivity index (χ4v) is 2.08. The van der Waals surface area contributed by atoms with Gasteiger partial charge in [-0.1, -0.05) is 30.3 Å². The van der Waals surface area contributed by atoms with Crippen molar-refractivity contribution < 1.29 is 4.42 Å². The lowest BCUT2D eigenvalue weighted by atomic mass is 10.2. The first-order valence-corrected chi connectivity index (χ1v) is 6.64. The lowest BCUT2D eigenvalue weighted by Crippen LogP contribution is -2.00. The smallest absolute Gasteiger partial charge is 0.125 e. The minimum absolute atomic E-state index is 0.676. The van der Waals surface area contributed by atoms with Crippen molar-refractivity contribution in [2.45, 2.75) is 20.0 Å². The van der Waals surface area contributed by atoms with Crippen LogP contribution in [0.1, 0.15) is 16.9 Å². The molecule has 0 unspecified atom stereocenters. The minimum Gasteiger partial charge on any atom is -0.467 e. The van der Waals surface area contributed by atoms with Crippen LogP contribution in [0.4, 0.5) is 5.69 Å². The zero-order chi connectivity index (χ0) is 13.8. The molecule has 0 aliphatic heterocycles. The molecule has 0 atom stereocenters. The van der Waals surface area contributed by atoms with Gasteiger partial charge in [0.05, 0.1) is 31.2 Å². The number of rotatable bonds is 5. The van der Waals surface area contributed by atoms with Crippen LogP contribution < -0.4 is 5.32 Å². The van der Waals surface area contributed by atoms with Gasteiger partial charge in [-0.05, 0) is 24.1 Å². The molecule has 0 aliphatic rings. The van der Waals surface area contributed by atoms with Gasteiger partial charge in [-0.25, -0.2) is 0 Å². The largest absolute Gasteiger partial charge is 0.467 e. The second-order valence-corrected chi connectivity index (χ2v) is 4.79. The Morgan fingerprint density at radius 1 is 1.20 bits per heavy atom. The lowest BCUT2D eigenvalue weighted by Gasteiger charge is -2.02. The molecule has 3 aromatic rings. The van der Waals surface area contributed by atoms with Crippen molar-refractivity contribution in [2.75, 3.05) is 5.32 Å². The third kappa shape index (κ3) is 2.91. The van der Waals surface area contributed by atoms with Gasteiger partial charge in [0.1, 0.15) is 5.76 Å². The van der Waals surface area contributed by atoms with Gasteiger partial charge in [-0.2, -0.15) is 5.10 Å². The standard InChI is InChI=1S/C16H17N3O/c1-13-7-8-20-16(13)10-17-15-9-18-19(12-15)11-14-5-3-2-4-6-14/h2-9,12,17H,10-11H2,1H3. The first-order valence-electron chi connectivity index (χ1n) is 6.64. The predicted molar refractivity (Wildman–Crippen MR) is 78.5 cm³/mol. The molecule has 20 heavy (non-hydrogen) atoms. The molecule has 0 amide bonds. The van der Waals surface area contributed by atoms with E-state index in [2.05, 4.69) is 22.5 Å². The van der Waals surface area contributed by atoms with E-state index in [4.69, 9.17) is 4.42 Å². The van der Waals surface area contributed by atoms with Crippen molar-refractivity contribution in [2.24, 2.45) is 0 Å². The van der Waals surface area contributed by atoms with Crippen LogP contribution in [0.5, 0.6) is 0 Å². The van der Waals surface area contributed by atoms with Crippen LogP contribution in [0, 0.1) is 6.92 Å². The van der Waals surface area contributed by atoms with Crippen LogP contribution in [0.2, 0.25) is 0 Å². The number of benzene rings is 1. The quantitative estimate of drug-likeness (QED) is 0.770. The molecule has 0 aliphatic carbocycles. The molecule has 0 fully saturated rings. The molecule has 0 bridgehead atoms. The van der Waals surface area contributed by atoms with Gasteiger partial charge < -0.3 is 9.73 Å². The van der Waals surface area contributed by atoms with Crippen LogP contribution in [0.3, 0.4) is 0 Å². The van der Waals surface area contributed by atoms with Gasteiger partial charge in [0.15, 0.2) is 0 Å². The number of furan rings is 1. The molecule has 3 rings (SSSR count). The Balaban J connectivity index is 1.61.